The van der Waals surface area contributed by atoms with Crippen LogP contribution in [-0.2, 0) is 14.6 Å². The zero-order valence-electron chi connectivity index (χ0n) is 15.7. The quantitative estimate of drug-likeness (QED) is 0.546. The van der Waals surface area contributed by atoms with E-state index in [9.17, 15) is 27.1 Å². The first-order chi connectivity index (χ1) is 13.5. The third-order valence-corrected chi connectivity index (χ3v) is 5.90. The summed E-state index contributed by atoms with van der Waals surface area (Å²) in [5.41, 5.74) is 0.0738. The molecule has 2 aromatic rings. The van der Waals surface area contributed by atoms with Crippen molar-refractivity contribution in [3.8, 4) is 11.5 Å². The van der Waals surface area contributed by atoms with Crippen molar-refractivity contribution in [3.05, 3.63) is 52.0 Å². The highest BCUT2D eigenvalue weighted by Crippen LogP contribution is 2.40. The van der Waals surface area contributed by atoms with Crippen molar-refractivity contribution in [2.75, 3.05) is 12.8 Å². The molecule has 0 radical (unpaired) electrons. The summed E-state index contributed by atoms with van der Waals surface area (Å²) in [5, 5.41) is 13.2. The molecule has 29 heavy (non-hydrogen) atoms. The summed E-state index contributed by atoms with van der Waals surface area (Å²) in [6.45, 7) is 1.68. The number of hydrogen-bond donors (Lipinski definition) is 2. The van der Waals surface area contributed by atoms with E-state index in [2.05, 4.69) is 21.2 Å². The minimum atomic E-state index is -3.68. The summed E-state index contributed by atoms with van der Waals surface area (Å²) in [6, 6.07) is 5.24. The van der Waals surface area contributed by atoms with E-state index in [4.69, 9.17) is 4.74 Å². The lowest BCUT2D eigenvalue weighted by atomic mass is 10.0. The number of ether oxygens (including phenoxy) is 1. The maximum Gasteiger partial charge on any atom is 0.216 e. The second kappa shape index (κ2) is 9.64. The van der Waals surface area contributed by atoms with Crippen LogP contribution in [-0.4, -0.2) is 32.2 Å². The highest BCUT2D eigenvalue weighted by atomic mass is 79.9. The number of rotatable bonds is 8. The van der Waals surface area contributed by atoms with Crippen molar-refractivity contribution in [1.29, 1.82) is 0 Å². The number of nitrogens with one attached hydrogen (secondary N) is 1. The third kappa shape index (κ3) is 6.48. The van der Waals surface area contributed by atoms with Gasteiger partial charge in [-0.05, 0) is 40.9 Å². The molecule has 10 heteroatoms. The molecule has 0 saturated heterocycles. The molecule has 0 heterocycles. The molecule has 0 saturated carbocycles. The first-order valence-corrected chi connectivity index (χ1v) is 11.3. The van der Waals surface area contributed by atoms with Crippen molar-refractivity contribution in [2.24, 2.45) is 0 Å². The number of halogens is 3. The highest BCUT2D eigenvalue weighted by molar-refractivity contribution is 9.10. The van der Waals surface area contributed by atoms with Crippen LogP contribution in [0.1, 0.15) is 31.4 Å². The lowest BCUT2D eigenvalue weighted by molar-refractivity contribution is -0.119. The summed E-state index contributed by atoms with van der Waals surface area (Å²) in [5.74, 6) is -1.92. The summed E-state index contributed by atoms with van der Waals surface area (Å²) < 4.78 is 56.8. The van der Waals surface area contributed by atoms with Gasteiger partial charge in [0.1, 0.15) is 23.1 Å². The van der Waals surface area contributed by atoms with Crippen molar-refractivity contribution in [2.45, 2.75) is 30.8 Å². The lowest BCUT2D eigenvalue weighted by Gasteiger charge is -2.19. The van der Waals surface area contributed by atoms with Crippen molar-refractivity contribution >= 4 is 31.7 Å². The minimum absolute atomic E-state index is 0.0738. The Labute approximate surface area is 175 Å². The molecule has 0 spiro atoms. The normalized spacial score (nSPS) is 12.5. The fraction of sp³-hybridized carbons (Fsp3) is 0.316. The van der Waals surface area contributed by atoms with Crippen LogP contribution in [0.15, 0.2) is 39.7 Å². The van der Waals surface area contributed by atoms with Crippen LogP contribution in [0, 0.1) is 11.6 Å². The molecule has 2 N–H and O–H groups in total. The minimum Gasteiger partial charge on any atom is -0.456 e. The Hall–Kier alpha value is -2.04. The smallest absolute Gasteiger partial charge is 0.216 e. The van der Waals surface area contributed by atoms with Crippen molar-refractivity contribution in [3.63, 3.8) is 0 Å². The van der Waals surface area contributed by atoms with Gasteiger partial charge in [0.2, 0.25) is 5.91 Å². The average Bonchev–Trinajstić information content (AvgIpc) is 2.58. The molecule has 0 fully saturated rings. The second-order valence-electron chi connectivity index (χ2n) is 6.41. The van der Waals surface area contributed by atoms with E-state index in [0.717, 1.165) is 18.4 Å². The summed E-state index contributed by atoms with van der Waals surface area (Å²) in [4.78, 5) is 10.8. The molecule has 0 aliphatic rings. The van der Waals surface area contributed by atoms with E-state index in [0.29, 0.717) is 19.0 Å². The summed E-state index contributed by atoms with van der Waals surface area (Å²) in [6.07, 6.45) is 0.386. The van der Waals surface area contributed by atoms with Gasteiger partial charge in [-0.25, -0.2) is 17.2 Å². The molecule has 0 aliphatic carbocycles. The molecule has 2 aromatic carbocycles. The summed E-state index contributed by atoms with van der Waals surface area (Å²) >= 11 is 3.25. The molecular weight excluding hydrogens is 472 g/mol. The Morgan fingerprint density at radius 3 is 2.41 bits per heavy atom. The van der Waals surface area contributed by atoms with Crippen molar-refractivity contribution in [1.82, 2.24) is 5.32 Å². The molecule has 1 unspecified atom stereocenters. The van der Waals surface area contributed by atoms with E-state index >= 15 is 0 Å². The van der Waals surface area contributed by atoms with Crippen LogP contribution < -0.4 is 10.1 Å². The monoisotopic (exact) mass is 491 g/mol. The number of hydrogen-bond acceptors (Lipinski definition) is 5. The number of aliphatic hydroxyl groups is 1. The Morgan fingerprint density at radius 2 is 1.86 bits per heavy atom. The van der Waals surface area contributed by atoms with Gasteiger partial charge < -0.3 is 15.2 Å². The van der Waals surface area contributed by atoms with Crippen molar-refractivity contribution < 1.29 is 31.8 Å². The Morgan fingerprint density at radius 1 is 1.24 bits per heavy atom. The third-order valence-electron chi connectivity index (χ3n) is 3.93. The molecule has 1 atom stereocenters. The van der Waals surface area contributed by atoms with E-state index in [1.54, 1.807) is 0 Å². The lowest BCUT2D eigenvalue weighted by Crippen LogP contribution is -2.21. The van der Waals surface area contributed by atoms with Crippen LogP contribution in [0.25, 0.3) is 0 Å². The van der Waals surface area contributed by atoms with Gasteiger partial charge in [0.15, 0.2) is 9.84 Å². The van der Waals surface area contributed by atoms with Crippen LogP contribution in [0.5, 0.6) is 11.5 Å². The molecule has 158 valence electrons. The summed E-state index contributed by atoms with van der Waals surface area (Å²) in [7, 11) is -3.68. The van der Waals surface area contributed by atoms with E-state index in [1.807, 2.05) is 0 Å². The van der Waals surface area contributed by atoms with E-state index in [-0.39, 0.29) is 38.8 Å². The Bertz CT molecular complexity index is 994. The first kappa shape index (κ1) is 23.2. The molecule has 1 amide bonds. The predicted molar refractivity (Wildman–Crippen MR) is 107 cm³/mol. The molecule has 0 aromatic heterocycles. The maximum atomic E-state index is 13.4. The van der Waals surface area contributed by atoms with Gasteiger partial charge in [-0.2, -0.15) is 0 Å². The van der Waals surface area contributed by atoms with Gasteiger partial charge in [-0.1, -0.05) is 0 Å². The predicted octanol–water partition coefficient (Wildman–Crippen LogP) is 3.87. The van der Waals surface area contributed by atoms with E-state index in [1.165, 1.54) is 19.1 Å². The van der Waals surface area contributed by atoms with Gasteiger partial charge in [-0.15, -0.1) is 0 Å². The van der Waals surface area contributed by atoms with Crippen LogP contribution in [0.4, 0.5) is 8.78 Å². The van der Waals surface area contributed by atoms with Gasteiger partial charge in [0.25, 0.3) is 0 Å². The second-order valence-corrected chi connectivity index (χ2v) is 9.19. The number of carbonyl (C=O) groups excluding carboxylic acids is 1. The number of benzene rings is 2. The standard InChI is InChI=1S/C19H20BrF2NO5S/c1-11(24)23-7-3-4-15(25)18-17(29(2,26)27)6-5-16(19(18)20)28-14-9-12(21)8-13(22)10-14/h5-6,8-10,15,25H,3-4,7H2,1-2H3,(H,23,24). The Kier molecular flexibility index (Phi) is 7.73. The zero-order valence-corrected chi connectivity index (χ0v) is 18.1. The van der Waals surface area contributed by atoms with Gasteiger partial charge in [0, 0.05) is 43.5 Å². The molecule has 0 aliphatic heterocycles. The first-order valence-electron chi connectivity index (χ1n) is 8.58. The zero-order chi connectivity index (χ0) is 21.8. The largest absolute Gasteiger partial charge is 0.456 e. The maximum absolute atomic E-state index is 13.4. The van der Waals surface area contributed by atoms with Crippen LogP contribution in [0.2, 0.25) is 0 Å². The van der Waals surface area contributed by atoms with Gasteiger partial charge in [0.05, 0.1) is 15.5 Å². The van der Waals surface area contributed by atoms with Crippen LogP contribution >= 0.6 is 15.9 Å². The number of carbonyl (C=O) groups is 1. The number of amides is 1. The average molecular weight is 492 g/mol. The van der Waals surface area contributed by atoms with Gasteiger partial charge >= 0.3 is 0 Å². The molecule has 0 bridgehead atoms. The van der Waals surface area contributed by atoms with E-state index < -0.39 is 27.6 Å². The Balaban J connectivity index is 2.38. The molecule has 2 rings (SSSR count). The number of sulfone groups is 1. The SMILES string of the molecule is CC(=O)NCCCC(O)c1c(S(C)(=O)=O)ccc(Oc2cc(F)cc(F)c2)c1Br. The topological polar surface area (TPSA) is 92.7 Å². The van der Waals surface area contributed by atoms with Crippen LogP contribution in [0.3, 0.4) is 0 Å². The fourth-order valence-electron chi connectivity index (χ4n) is 2.69. The molecular formula is C19H20BrF2NO5S. The number of aliphatic hydroxyl groups excluding tert-OH is 1. The van der Waals surface area contributed by atoms with Gasteiger partial charge in [-0.3, -0.25) is 4.79 Å². The highest BCUT2D eigenvalue weighted by Gasteiger charge is 2.25. The molecule has 6 nitrogen and oxygen atoms in total. The fourth-order valence-corrected chi connectivity index (χ4v) is 4.46.